The zero-order chi connectivity index (χ0) is 13.1. The molecule has 1 aromatic carbocycles. The van der Waals surface area contributed by atoms with Crippen molar-refractivity contribution in [3.05, 3.63) is 29.3 Å². The van der Waals surface area contributed by atoms with Crippen LogP contribution in [0.2, 0.25) is 0 Å². The first kappa shape index (κ1) is 14.2. The Morgan fingerprint density at radius 3 is 2.47 bits per heavy atom. The van der Waals surface area contributed by atoms with Gasteiger partial charge < -0.3 is 4.74 Å². The van der Waals surface area contributed by atoms with Crippen molar-refractivity contribution < 1.29 is 17.9 Å². The van der Waals surface area contributed by atoms with E-state index in [1.54, 1.807) is 0 Å². The maximum Gasteiger partial charge on any atom is 0.416 e. The van der Waals surface area contributed by atoms with Gasteiger partial charge in [0.1, 0.15) is 5.75 Å². The van der Waals surface area contributed by atoms with E-state index in [1.807, 2.05) is 6.92 Å². The summed E-state index contributed by atoms with van der Waals surface area (Å²) < 4.78 is 42.9. The standard InChI is InChI=1S/C12H15F3OS/c1-8(5-6-17)10-7-9(12(13,14)15)3-4-11(10)16-2/h3-4,7-8,17H,5-6H2,1-2H3. The van der Waals surface area contributed by atoms with E-state index in [-0.39, 0.29) is 5.92 Å². The third-order valence-corrected chi connectivity index (χ3v) is 2.91. The second-order valence-corrected chi connectivity index (χ2v) is 4.32. The molecule has 0 aromatic heterocycles. The zero-order valence-electron chi connectivity index (χ0n) is 9.71. The van der Waals surface area contributed by atoms with Gasteiger partial charge in [-0.2, -0.15) is 25.8 Å². The average molecular weight is 264 g/mol. The van der Waals surface area contributed by atoms with Gasteiger partial charge in [-0.05, 0) is 41.9 Å². The topological polar surface area (TPSA) is 9.23 Å². The minimum Gasteiger partial charge on any atom is -0.496 e. The monoisotopic (exact) mass is 264 g/mol. The lowest BCUT2D eigenvalue weighted by Gasteiger charge is -2.17. The maximum absolute atomic E-state index is 12.6. The Hall–Kier alpha value is -0.840. The van der Waals surface area contributed by atoms with Crippen molar-refractivity contribution in [3.8, 4) is 5.75 Å². The van der Waals surface area contributed by atoms with Crippen LogP contribution in [0.4, 0.5) is 13.2 Å². The van der Waals surface area contributed by atoms with E-state index in [4.69, 9.17) is 4.74 Å². The Morgan fingerprint density at radius 1 is 1.35 bits per heavy atom. The molecule has 0 spiro atoms. The van der Waals surface area contributed by atoms with E-state index in [0.29, 0.717) is 23.5 Å². The molecule has 0 bridgehead atoms. The fourth-order valence-electron chi connectivity index (χ4n) is 1.64. The van der Waals surface area contributed by atoms with Gasteiger partial charge in [-0.1, -0.05) is 6.92 Å². The van der Waals surface area contributed by atoms with E-state index in [0.717, 1.165) is 12.1 Å². The smallest absolute Gasteiger partial charge is 0.416 e. The molecule has 0 fully saturated rings. The van der Waals surface area contributed by atoms with Gasteiger partial charge in [-0.3, -0.25) is 0 Å². The molecule has 1 unspecified atom stereocenters. The summed E-state index contributed by atoms with van der Waals surface area (Å²) in [6.45, 7) is 1.87. The Morgan fingerprint density at radius 2 is 2.00 bits per heavy atom. The normalized spacial score (nSPS) is 13.5. The second kappa shape index (κ2) is 5.67. The maximum atomic E-state index is 12.6. The van der Waals surface area contributed by atoms with E-state index in [2.05, 4.69) is 12.6 Å². The number of thiol groups is 1. The zero-order valence-corrected chi connectivity index (χ0v) is 10.6. The Kier molecular flexibility index (Phi) is 4.74. The molecule has 0 saturated heterocycles. The first-order valence-corrected chi connectivity index (χ1v) is 5.89. The number of alkyl halides is 3. The fraction of sp³-hybridized carbons (Fsp3) is 0.500. The second-order valence-electron chi connectivity index (χ2n) is 3.87. The van der Waals surface area contributed by atoms with Crippen molar-refractivity contribution in [1.82, 2.24) is 0 Å². The van der Waals surface area contributed by atoms with E-state index in [1.165, 1.54) is 13.2 Å². The summed E-state index contributed by atoms with van der Waals surface area (Å²) in [5.74, 6) is 1.11. The molecule has 0 amide bonds. The summed E-state index contributed by atoms with van der Waals surface area (Å²) in [5, 5.41) is 0. The Balaban J connectivity index is 3.15. The van der Waals surface area contributed by atoms with E-state index < -0.39 is 11.7 Å². The highest BCUT2D eigenvalue weighted by molar-refractivity contribution is 7.80. The summed E-state index contributed by atoms with van der Waals surface area (Å²) >= 11 is 4.09. The third kappa shape index (κ3) is 3.56. The minimum absolute atomic E-state index is 0.00949. The summed E-state index contributed by atoms with van der Waals surface area (Å²) in [6.07, 6.45) is -3.61. The quantitative estimate of drug-likeness (QED) is 0.804. The Labute approximate surface area is 104 Å². The van der Waals surface area contributed by atoms with Crippen LogP contribution in [0, 0.1) is 0 Å². The molecule has 1 aromatic rings. The molecule has 0 N–H and O–H groups in total. The van der Waals surface area contributed by atoms with Crippen molar-refractivity contribution in [2.45, 2.75) is 25.4 Å². The lowest BCUT2D eigenvalue weighted by Crippen LogP contribution is -2.07. The highest BCUT2D eigenvalue weighted by Gasteiger charge is 2.31. The molecule has 0 radical (unpaired) electrons. The fourth-order valence-corrected chi connectivity index (χ4v) is 2.03. The van der Waals surface area contributed by atoms with E-state index >= 15 is 0 Å². The number of methoxy groups -OCH3 is 1. The minimum atomic E-state index is -4.32. The van der Waals surface area contributed by atoms with Gasteiger partial charge in [-0.15, -0.1) is 0 Å². The molecular weight excluding hydrogens is 249 g/mol. The first-order chi connectivity index (χ1) is 7.90. The van der Waals surface area contributed by atoms with Crippen molar-refractivity contribution in [2.75, 3.05) is 12.9 Å². The largest absolute Gasteiger partial charge is 0.496 e. The third-order valence-electron chi connectivity index (χ3n) is 2.65. The van der Waals surface area contributed by atoms with Crippen molar-refractivity contribution in [1.29, 1.82) is 0 Å². The van der Waals surface area contributed by atoms with Crippen molar-refractivity contribution in [3.63, 3.8) is 0 Å². The predicted octanol–water partition coefficient (Wildman–Crippen LogP) is 4.14. The number of ether oxygens (including phenoxy) is 1. The van der Waals surface area contributed by atoms with Crippen LogP contribution in [0.1, 0.15) is 30.4 Å². The summed E-state index contributed by atoms with van der Waals surface area (Å²) in [6, 6.07) is 3.57. The molecular formula is C12H15F3OS. The predicted molar refractivity (Wildman–Crippen MR) is 64.9 cm³/mol. The van der Waals surface area contributed by atoms with Gasteiger partial charge in [0.15, 0.2) is 0 Å². The van der Waals surface area contributed by atoms with Gasteiger partial charge in [0.25, 0.3) is 0 Å². The van der Waals surface area contributed by atoms with Crippen LogP contribution >= 0.6 is 12.6 Å². The van der Waals surface area contributed by atoms with E-state index in [9.17, 15) is 13.2 Å². The van der Waals surface area contributed by atoms with Crippen LogP contribution in [0.3, 0.4) is 0 Å². The molecule has 0 heterocycles. The molecule has 0 aliphatic rings. The van der Waals surface area contributed by atoms with Crippen LogP contribution in [0.5, 0.6) is 5.75 Å². The van der Waals surface area contributed by atoms with Crippen molar-refractivity contribution >= 4 is 12.6 Å². The van der Waals surface area contributed by atoms with Crippen LogP contribution in [-0.2, 0) is 6.18 Å². The highest BCUT2D eigenvalue weighted by Crippen LogP contribution is 2.36. The lowest BCUT2D eigenvalue weighted by atomic mass is 9.95. The van der Waals surface area contributed by atoms with Crippen LogP contribution in [-0.4, -0.2) is 12.9 Å². The number of hydrogen-bond acceptors (Lipinski definition) is 2. The molecule has 5 heteroatoms. The van der Waals surface area contributed by atoms with Gasteiger partial charge in [0, 0.05) is 0 Å². The Bertz CT molecular complexity index is 377. The van der Waals surface area contributed by atoms with Crippen LogP contribution < -0.4 is 4.74 Å². The molecule has 17 heavy (non-hydrogen) atoms. The van der Waals surface area contributed by atoms with Gasteiger partial charge >= 0.3 is 6.18 Å². The number of hydrogen-bond donors (Lipinski definition) is 1. The molecule has 0 aliphatic carbocycles. The van der Waals surface area contributed by atoms with Crippen molar-refractivity contribution in [2.24, 2.45) is 0 Å². The summed E-state index contributed by atoms with van der Waals surface area (Å²) in [7, 11) is 1.46. The summed E-state index contributed by atoms with van der Waals surface area (Å²) in [5.41, 5.74) is -0.0595. The number of rotatable bonds is 4. The number of halogens is 3. The van der Waals surface area contributed by atoms with Crippen LogP contribution in [0.25, 0.3) is 0 Å². The number of benzene rings is 1. The first-order valence-electron chi connectivity index (χ1n) is 5.26. The van der Waals surface area contributed by atoms with Gasteiger partial charge in [0.2, 0.25) is 0 Å². The van der Waals surface area contributed by atoms with Crippen LogP contribution in [0.15, 0.2) is 18.2 Å². The summed E-state index contributed by atoms with van der Waals surface area (Å²) in [4.78, 5) is 0. The lowest BCUT2D eigenvalue weighted by molar-refractivity contribution is -0.137. The molecule has 1 nitrogen and oxygen atoms in total. The highest BCUT2D eigenvalue weighted by atomic mass is 32.1. The molecule has 1 rings (SSSR count). The molecule has 0 saturated carbocycles. The molecule has 0 aliphatic heterocycles. The average Bonchev–Trinajstić information content (AvgIpc) is 2.27. The van der Waals surface area contributed by atoms with Gasteiger partial charge in [0.05, 0.1) is 12.7 Å². The van der Waals surface area contributed by atoms with Gasteiger partial charge in [-0.25, -0.2) is 0 Å². The molecule has 1 atom stereocenters. The molecule has 96 valence electrons. The SMILES string of the molecule is COc1ccc(C(F)(F)F)cc1C(C)CCS.